The molecule has 0 aliphatic heterocycles. The molecule has 2 heterocycles. The van der Waals surface area contributed by atoms with Crippen LogP contribution in [-0.4, -0.2) is 17.0 Å². The van der Waals surface area contributed by atoms with E-state index in [0.717, 1.165) is 10.1 Å². The summed E-state index contributed by atoms with van der Waals surface area (Å²) in [7, 11) is 0. The van der Waals surface area contributed by atoms with E-state index in [4.69, 9.17) is 16.0 Å². The number of para-hydroxylation sites is 1. The lowest BCUT2D eigenvalue weighted by molar-refractivity contribution is -0.384. The number of nitrogens with zero attached hydrogens (tertiary/aromatic N) is 2. The van der Waals surface area contributed by atoms with E-state index in [2.05, 4.69) is 10.5 Å². The molecule has 0 saturated heterocycles. The molecule has 1 N–H and O–H groups in total. The molecule has 4 aromatic rings. The van der Waals surface area contributed by atoms with Crippen molar-refractivity contribution in [3.8, 4) is 11.3 Å². The van der Waals surface area contributed by atoms with Crippen LogP contribution in [-0.2, 0) is 0 Å². The Balaban J connectivity index is 1.50. The van der Waals surface area contributed by atoms with Crippen molar-refractivity contribution in [2.24, 2.45) is 5.10 Å². The summed E-state index contributed by atoms with van der Waals surface area (Å²) in [6.45, 7) is 0. The van der Waals surface area contributed by atoms with Gasteiger partial charge in [-0.05, 0) is 24.3 Å². The van der Waals surface area contributed by atoms with E-state index in [1.807, 2.05) is 24.3 Å². The van der Waals surface area contributed by atoms with Gasteiger partial charge in [-0.1, -0.05) is 41.9 Å². The summed E-state index contributed by atoms with van der Waals surface area (Å²) in [5.74, 6) is 0.233. The average Bonchev–Trinajstić information content (AvgIpc) is 3.33. The smallest absolute Gasteiger partial charge is 0.283 e. The molecule has 7 nitrogen and oxygen atoms in total. The molecule has 0 atom stereocenters. The zero-order valence-electron chi connectivity index (χ0n) is 14.7. The predicted molar refractivity (Wildman–Crippen MR) is 113 cm³/mol. The summed E-state index contributed by atoms with van der Waals surface area (Å²) in [5.41, 5.74) is 2.72. The molecule has 1 amide bonds. The minimum atomic E-state index is -0.472. The van der Waals surface area contributed by atoms with Crippen LogP contribution in [0.4, 0.5) is 5.69 Å². The molecule has 0 bridgehead atoms. The maximum absolute atomic E-state index is 12.4. The van der Waals surface area contributed by atoms with E-state index in [1.54, 1.807) is 30.3 Å². The predicted octanol–water partition coefficient (Wildman–Crippen LogP) is 5.49. The van der Waals surface area contributed by atoms with Crippen molar-refractivity contribution < 1.29 is 14.1 Å². The van der Waals surface area contributed by atoms with Gasteiger partial charge >= 0.3 is 0 Å². The SMILES string of the molecule is O=C(N/N=C\c1ccc(-c2ccccc2[N+](=O)[O-])o1)c1sc2ccccc2c1Cl. The zero-order chi connectivity index (χ0) is 20.4. The Bertz CT molecular complexity index is 1260. The van der Waals surface area contributed by atoms with Crippen molar-refractivity contribution in [1.82, 2.24) is 5.43 Å². The van der Waals surface area contributed by atoms with Gasteiger partial charge in [0.2, 0.25) is 0 Å². The number of hydrogen-bond acceptors (Lipinski definition) is 6. The Morgan fingerprint density at radius 2 is 1.90 bits per heavy atom. The summed E-state index contributed by atoms with van der Waals surface area (Å²) < 4.78 is 6.50. The molecule has 144 valence electrons. The fourth-order valence-corrected chi connectivity index (χ4v) is 4.18. The lowest BCUT2D eigenvalue weighted by Crippen LogP contribution is -2.16. The number of nitro groups is 1. The highest BCUT2D eigenvalue weighted by molar-refractivity contribution is 7.21. The summed E-state index contributed by atoms with van der Waals surface area (Å²) in [4.78, 5) is 23.4. The molecular weight excluding hydrogens is 414 g/mol. The van der Waals surface area contributed by atoms with Gasteiger partial charge in [0.05, 0.1) is 21.7 Å². The van der Waals surface area contributed by atoms with Gasteiger partial charge in [0.1, 0.15) is 16.4 Å². The van der Waals surface area contributed by atoms with Crippen LogP contribution in [0.5, 0.6) is 0 Å². The van der Waals surface area contributed by atoms with Gasteiger partial charge in [-0.2, -0.15) is 5.10 Å². The fraction of sp³-hybridized carbons (Fsp3) is 0. The van der Waals surface area contributed by atoms with Crippen molar-refractivity contribution in [2.75, 3.05) is 0 Å². The van der Waals surface area contributed by atoms with Crippen LogP contribution in [0.2, 0.25) is 5.02 Å². The van der Waals surface area contributed by atoms with Gasteiger partial charge in [0.25, 0.3) is 11.6 Å². The third-order valence-corrected chi connectivity index (χ3v) is 5.77. The summed E-state index contributed by atoms with van der Waals surface area (Å²) in [6.07, 6.45) is 1.32. The maximum Gasteiger partial charge on any atom is 0.283 e. The number of nitrogens with one attached hydrogen (secondary N) is 1. The standard InChI is InChI=1S/C20H12ClN3O4S/c21-18-14-6-2-4-8-17(14)29-19(18)20(25)23-22-11-12-9-10-16(28-12)13-5-1-3-7-15(13)24(26)27/h1-11H,(H,23,25)/b22-11-. The lowest BCUT2D eigenvalue weighted by atomic mass is 10.1. The van der Waals surface area contributed by atoms with Gasteiger partial charge in [0.15, 0.2) is 0 Å². The first-order chi connectivity index (χ1) is 14.0. The maximum atomic E-state index is 12.4. The number of halogens is 1. The number of hydrogen-bond donors (Lipinski definition) is 1. The zero-order valence-corrected chi connectivity index (χ0v) is 16.2. The number of amides is 1. The molecule has 0 unspecified atom stereocenters. The largest absolute Gasteiger partial charge is 0.455 e. The van der Waals surface area contributed by atoms with E-state index in [1.165, 1.54) is 23.6 Å². The first kappa shape index (κ1) is 18.9. The van der Waals surface area contributed by atoms with E-state index in [-0.39, 0.29) is 5.69 Å². The second-order valence-corrected chi connectivity index (χ2v) is 7.35. The van der Waals surface area contributed by atoms with Crippen molar-refractivity contribution in [3.05, 3.63) is 86.4 Å². The highest BCUT2D eigenvalue weighted by Gasteiger charge is 2.18. The molecule has 4 rings (SSSR count). The number of benzene rings is 2. The third kappa shape index (κ3) is 3.75. The second kappa shape index (κ2) is 7.86. The molecular formula is C20H12ClN3O4S. The number of rotatable bonds is 5. The summed E-state index contributed by atoms with van der Waals surface area (Å²) in [5, 5.41) is 16.2. The van der Waals surface area contributed by atoms with Crippen molar-refractivity contribution in [2.45, 2.75) is 0 Å². The van der Waals surface area contributed by atoms with Gasteiger partial charge in [-0.3, -0.25) is 14.9 Å². The lowest BCUT2D eigenvalue weighted by Gasteiger charge is -1.98. The number of thiophene rings is 1. The molecule has 2 aromatic heterocycles. The van der Waals surface area contributed by atoms with E-state index >= 15 is 0 Å². The number of carbonyl (C=O) groups excluding carboxylic acids is 1. The Kier molecular flexibility index (Phi) is 5.11. The Labute approximate surface area is 173 Å². The minimum Gasteiger partial charge on any atom is -0.455 e. The van der Waals surface area contributed by atoms with E-state index in [9.17, 15) is 14.9 Å². The van der Waals surface area contributed by atoms with Crippen LogP contribution in [0.1, 0.15) is 15.4 Å². The van der Waals surface area contributed by atoms with Crippen LogP contribution in [0.25, 0.3) is 21.4 Å². The fourth-order valence-electron chi connectivity index (χ4n) is 2.77. The molecule has 0 aliphatic rings. The van der Waals surface area contributed by atoms with Crippen LogP contribution in [0, 0.1) is 10.1 Å². The molecule has 0 spiro atoms. The number of nitro benzene ring substituents is 1. The van der Waals surface area contributed by atoms with Gasteiger partial charge in [-0.15, -0.1) is 11.3 Å². The van der Waals surface area contributed by atoms with Crippen molar-refractivity contribution in [3.63, 3.8) is 0 Å². The highest BCUT2D eigenvalue weighted by atomic mass is 35.5. The molecule has 0 aliphatic carbocycles. The molecule has 0 saturated carbocycles. The Morgan fingerprint density at radius 3 is 2.69 bits per heavy atom. The first-order valence-corrected chi connectivity index (χ1v) is 9.58. The topological polar surface area (TPSA) is 97.7 Å². The van der Waals surface area contributed by atoms with E-state index < -0.39 is 10.8 Å². The van der Waals surface area contributed by atoms with Crippen LogP contribution >= 0.6 is 22.9 Å². The van der Waals surface area contributed by atoms with Crippen molar-refractivity contribution >= 4 is 50.8 Å². The first-order valence-electron chi connectivity index (χ1n) is 8.38. The molecule has 0 radical (unpaired) electrons. The van der Waals surface area contributed by atoms with Gasteiger partial charge < -0.3 is 4.42 Å². The monoisotopic (exact) mass is 425 g/mol. The van der Waals surface area contributed by atoms with Crippen molar-refractivity contribution in [1.29, 1.82) is 0 Å². The number of furan rings is 1. The number of fused-ring (bicyclic) bond motifs is 1. The Hall–Kier alpha value is -3.49. The normalized spacial score (nSPS) is 11.2. The van der Waals surface area contributed by atoms with Crippen LogP contribution in [0.3, 0.4) is 0 Å². The third-order valence-electron chi connectivity index (χ3n) is 4.09. The minimum absolute atomic E-state index is 0.0574. The summed E-state index contributed by atoms with van der Waals surface area (Å²) >= 11 is 7.56. The van der Waals surface area contributed by atoms with E-state index in [0.29, 0.717) is 27.0 Å². The molecule has 2 aromatic carbocycles. The number of carbonyl (C=O) groups is 1. The quantitative estimate of drug-likeness (QED) is 0.260. The number of hydrazone groups is 1. The molecule has 29 heavy (non-hydrogen) atoms. The molecule has 9 heteroatoms. The van der Waals surface area contributed by atoms with Gasteiger partial charge in [0, 0.05) is 16.2 Å². The molecule has 0 fully saturated rings. The Morgan fingerprint density at radius 1 is 1.14 bits per heavy atom. The van der Waals surface area contributed by atoms with Gasteiger partial charge in [-0.25, -0.2) is 5.43 Å². The highest BCUT2D eigenvalue weighted by Crippen LogP contribution is 2.35. The van der Waals surface area contributed by atoms with Crippen LogP contribution in [0.15, 0.2) is 70.2 Å². The second-order valence-electron chi connectivity index (χ2n) is 5.92. The summed E-state index contributed by atoms with van der Waals surface area (Å²) in [6, 6.07) is 17.0. The average molecular weight is 426 g/mol. The van der Waals surface area contributed by atoms with Crippen LogP contribution < -0.4 is 5.43 Å².